The van der Waals surface area contributed by atoms with E-state index in [1.54, 1.807) is 18.7 Å². The van der Waals surface area contributed by atoms with E-state index in [0.717, 1.165) is 0 Å². The SMILES string of the molecule is CCC(CN)S(=O)(=O)NC(C)C(=O)N(CC)CC. The van der Waals surface area contributed by atoms with Crippen LogP contribution in [-0.4, -0.2) is 50.2 Å². The number of sulfonamides is 1. The Bertz CT molecular complexity index is 349. The fourth-order valence-corrected chi connectivity index (χ4v) is 3.19. The Morgan fingerprint density at radius 2 is 1.78 bits per heavy atom. The van der Waals surface area contributed by atoms with Gasteiger partial charge in [0.15, 0.2) is 0 Å². The van der Waals surface area contributed by atoms with E-state index in [4.69, 9.17) is 5.73 Å². The maximum Gasteiger partial charge on any atom is 0.240 e. The van der Waals surface area contributed by atoms with E-state index in [2.05, 4.69) is 4.72 Å². The third-order valence-electron chi connectivity index (χ3n) is 2.94. The molecular weight excluding hydrogens is 254 g/mol. The van der Waals surface area contributed by atoms with Crippen LogP contribution in [0.5, 0.6) is 0 Å². The molecule has 0 aromatic rings. The van der Waals surface area contributed by atoms with Crippen molar-refractivity contribution in [2.24, 2.45) is 5.73 Å². The molecule has 108 valence electrons. The topological polar surface area (TPSA) is 92.5 Å². The first-order chi connectivity index (χ1) is 8.33. The lowest BCUT2D eigenvalue weighted by Crippen LogP contribution is -2.50. The molecule has 0 aromatic carbocycles. The zero-order chi connectivity index (χ0) is 14.3. The quantitative estimate of drug-likeness (QED) is 0.649. The van der Waals surface area contributed by atoms with Gasteiger partial charge in [0.05, 0.1) is 11.3 Å². The normalized spacial score (nSPS) is 15.2. The number of hydrogen-bond acceptors (Lipinski definition) is 4. The Balaban J connectivity index is 4.74. The number of nitrogens with zero attached hydrogens (tertiary/aromatic N) is 1. The summed E-state index contributed by atoms with van der Waals surface area (Å²) in [5, 5.41) is -0.649. The molecule has 6 nitrogen and oxygen atoms in total. The summed E-state index contributed by atoms with van der Waals surface area (Å²) in [7, 11) is -3.54. The van der Waals surface area contributed by atoms with Crippen LogP contribution >= 0.6 is 0 Å². The minimum absolute atomic E-state index is 0.0536. The summed E-state index contributed by atoms with van der Waals surface area (Å²) in [6.07, 6.45) is 0.429. The first kappa shape index (κ1) is 17.3. The summed E-state index contributed by atoms with van der Waals surface area (Å²) >= 11 is 0. The van der Waals surface area contributed by atoms with Crippen molar-refractivity contribution in [1.82, 2.24) is 9.62 Å². The number of carbonyl (C=O) groups excluding carboxylic acids is 1. The highest BCUT2D eigenvalue weighted by molar-refractivity contribution is 7.90. The lowest BCUT2D eigenvalue weighted by atomic mass is 10.3. The van der Waals surface area contributed by atoms with Gasteiger partial charge in [-0.05, 0) is 27.2 Å². The van der Waals surface area contributed by atoms with E-state index < -0.39 is 21.3 Å². The van der Waals surface area contributed by atoms with Crippen LogP contribution in [0.25, 0.3) is 0 Å². The molecule has 0 saturated heterocycles. The Morgan fingerprint density at radius 1 is 1.28 bits per heavy atom. The van der Waals surface area contributed by atoms with Crippen molar-refractivity contribution in [3.05, 3.63) is 0 Å². The van der Waals surface area contributed by atoms with E-state index >= 15 is 0 Å². The maximum absolute atomic E-state index is 11.9. The molecule has 0 aliphatic rings. The second-order valence-electron chi connectivity index (χ2n) is 4.16. The summed E-state index contributed by atoms with van der Waals surface area (Å²) < 4.78 is 26.3. The molecule has 1 amide bonds. The van der Waals surface area contributed by atoms with Crippen LogP contribution in [-0.2, 0) is 14.8 Å². The fraction of sp³-hybridized carbons (Fsp3) is 0.909. The van der Waals surface area contributed by atoms with E-state index in [-0.39, 0.29) is 12.5 Å². The van der Waals surface area contributed by atoms with Gasteiger partial charge in [0.2, 0.25) is 15.9 Å². The minimum Gasteiger partial charge on any atom is -0.342 e. The Labute approximate surface area is 110 Å². The van der Waals surface area contributed by atoms with Gasteiger partial charge >= 0.3 is 0 Å². The molecule has 0 aromatic heterocycles. The average molecular weight is 279 g/mol. The molecule has 0 aliphatic carbocycles. The van der Waals surface area contributed by atoms with Crippen LogP contribution in [0.15, 0.2) is 0 Å². The molecule has 2 unspecified atom stereocenters. The highest BCUT2D eigenvalue weighted by Gasteiger charge is 2.28. The van der Waals surface area contributed by atoms with Gasteiger partial charge in [0.1, 0.15) is 0 Å². The maximum atomic E-state index is 11.9. The molecule has 2 atom stereocenters. The second-order valence-corrected chi connectivity index (χ2v) is 6.15. The minimum atomic E-state index is -3.54. The van der Waals surface area contributed by atoms with Crippen LogP contribution in [0.3, 0.4) is 0 Å². The number of likely N-dealkylation sites (N-methyl/N-ethyl adjacent to an activating group) is 1. The Kier molecular flexibility index (Phi) is 7.42. The highest BCUT2D eigenvalue weighted by atomic mass is 32.2. The van der Waals surface area contributed by atoms with Crippen molar-refractivity contribution in [3.8, 4) is 0 Å². The van der Waals surface area contributed by atoms with Crippen LogP contribution < -0.4 is 10.5 Å². The van der Waals surface area contributed by atoms with E-state index in [0.29, 0.717) is 19.5 Å². The van der Waals surface area contributed by atoms with E-state index in [1.807, 2.05) is 13.8 Å². The average Bonchev–Trinajstić information content (AvgIpc) is 2.30. The van der Waals surface area contributed by atoms with Gasteiger partial charge < -0.3 is 10.6 Å². The van der Waals surface area contributed by atoms with Crippen molar-refractivity contribution >= 4 is 15.9 Å². The predicted molar refractivity (Wildman–Crippen MR) is 72.6 cm³/mol. The molecule has 0 aliphatic heterocycles. The van der Waals surface area contributed by atoms with Crippen molar-refractivity contribution in [2.75, 3.05) is 19.6 Å². The largest absolute Gasteiger partial charge is 0.342 e. The summed E-state index contributed by atoms with van der Waals surface area (Å²) in [5.41, 5.74) is 5.42. The van der Waals surface area contributed by atoms with Gasteiger partial charge in [-0.15, -0.1) is 0 Å². The molecule has 7 heteroatoms. The third kappa shape index (κ3) is 4.55. The van der Waals surface area contributed by atoms with Crippen molar-refractivity contribution in [2.45, 2.75) is 45.4 Å². The molecule has 0 saturated carbocycles. The number of hydrogen-bond donors (Lipinski definition) is 2. The number of amides is 1. The van der Waals surface area contributed by atoms with Crippen LogP contribution in [0.1, 0.15) is 34.1 Å². The molecule has 0 heterocycles. The van der Waals surface area contributed by atoms with Crippen molar-refractivity contribution < 1.29 is 13.2 Å². The van der Waals surface area contributed by atoms with Crippen LogP contribution in [0.4, 0.5) is 0 Å². The highest BCUT2D eigenvalue weighted by Crippen LogP contribution is 2.05. The summed E-state index contributed by atoms with van der Waals surface area (Å²) in [6.45, 7) is 8.22. The smallest absolute Gasteiger partial charge is 0.240 e. The lowest BCUT2D eigenvalue weighted by molar-refractivity contribution is -0.132. The van der Waals surface area contributed by atoms with Gasteiger partial charge in [-0.25, -0.2) is 13.1 Å². The van der Waals surface area contributed by atoms with Gasteiger partial charge in [0.25, 0.3) is 0 Å². The zero-order valence-electron chi connectivity index (χ0n) is 11.6. The van der Waals surface area contributed by atoms with Crippen molar-refractivity contribution in [3.63, 3.8) is 0 Å². The van der Waals surface area contributed by atoms with Crippen LogP contribution in [0.2, 0.25) is 0 Å². The second kappa shape index (κ2) is 7.70. The first-order valence-electron chi connectivity index (χ1n) is 6.33. The lowest BCUT2D eigenvalue weighted by Gasteiger charge is -2.24. The molecule has 0 fully saturated rings. The van der Waals surface area contributed by atoms with E-state index in [1.165, 1.54) is 0 Å². The van der Waals surface area contributed by atoms with Gasteiger partial charge in [0, 0.05) is 19.6 Å². The molecular formula is C11H25N3O3S. The predicted octanol–water partition coefficient (Wildman–Crippen LogP) is -0.1000. The summed E-state index contributed by atoms with van der Waals surface area (Å²) in [5.74, 6) is -0.213. The fourth-order valence-electron chi connectivity index (χ4n) is 1.71. The van der Waals surface area contributed by atoms with Gasteiger partial charge in [-0.1, -0.05) is 6.92 Å². The zero-order valence-corrected chi connectivity index (χ0v) is 12.5. The summed E-state index contributed by atoms with van der Waals surface area (Å²) in [4.78, 5) is 13.5. The van der Waals surface area contributed by atoms with E-state index in [9.17, 15) is 13.2 Å². The number of carbonyl (C=O) groups is 1. The molecule has 18 heavy (non-hydrogen) atoms. The van der Waals surface area contributed by atoms with Gasteiger partial charge in [-0.2, -0.15) is 0 Å². The van der Waals surface area contributed by atoms with Crippen molar-refractivity contribution in [1.29, 1.82) is 0 Å². The standard InChI is InChI=1S/C11H25N3O3S/c1-5-10(8-12)18(16,17)13-9(4)11(15)14(6-2)7-3/h9-10,13H,5-8,12H2,1-4H3. The number of nitrogens with one attached hydrogen (secondary N) is 1. The molecule has 0 spiro atoms. The third-order valence-corrected chi connectivity index (χ3v) is 5.03. The first-order valence-corrected chi connectivity index (χ1v) is 7.88. The monoisotopic (exact) mass is 279 g/mol. The number of nitrogens with two attached hydrogens (primary N) is 1. The van der Waals surface area contributed by atoms with Gasteiger partial charge in [-0.3, -0.25) is 4.79 Å². The molecule has 3 N–H and O–H groups in total. The number of rotatable bonds is 8. The Morgan fingerprint density at radius 3 is 2.11 bits per heavy atom. The summed E-state index contributed by atoms with van der Waals surface area (Å²) in [6, 6.07) is -0.754. The molecule has 0 rings (SSSR count). The molecule has 0 bridgehead atoms. The molecule has 0 radical (unpaired) electrons. The Hall–Kier alpha value is -0.660. The van der Waals surface area contributed by atoms with Crippen LogP contribution in [0, 0.1) is 0 Å².